The molecule has 0 N–H and O–H groups in total. The van der Waals surface area contributed by atoms with Gasteiger partial charge < -0.3 is 19.4 Å². The molecule has 0 spiro atoms. The lowest BCUT2D eigenvalue weighted by atomic mass is 9.83. The molecular weight excluding hydrogens is 414 g/mol. The van der Waals surface area contributed by atoms with Gasteiger partial charge in [-0.25, -0.2) is 0 Å². The Morgan fingerprint density at radius 1 is 1.15 bits per heavy atom. The maximum absolute atomic E-state index is 14.1. The molecule has 3 atom stereocenters. The fraction of sp³-hybridized carbons (Fsp3) is 0.704. The van der Waals surface area contributed by atoms with Crippen molar-refractivity contribution >= 4 is 11.8 Å². The number of rotatable bonds is 9. The Morgan fingerprint density at radius 2 is 1.94 bits per heavy atom. The molecule has 1 aromatic carbocycles. The van der Waals surface area contributed by atoms with E-state index in [0.29, 0.717) is 31.7 Å². The molecule has 0 radical (unpaired) electrons. The maximum Gasteiger partial charge on any atom is 0.255 e. The molecule has 3 heterocycles. The summed E-state index contributed by atoms with van der Waals surface area (Å²) in [6.07, 6.45) is 7.07. The first-order valence-electron chi connectivity index (χ1n) is 12.9. The zero-order chi connectivity index (χ0) is 23.4. The van der Waals surface area contributed by atoms with Gasteiger partial charge in [0.2, 0.25) is 5.91 Å². The molecule has 182 valence electrons. The highest BCUT2D eigenvalue weighted by molar-refractivity contribution is 6.01. The number of hydrogen-bond donors (Lipinski definition) is 0. The van der Waals surface area contributed by atoms with Crippen molar-refractivity contribution in [1.29, 1.82) is 0 Å². The van der Waals surface area contributed by atoms with Gasteiger partial charge in [-0.05, 0) is 68.7 Å². The monoisotopic (exact) mass is 455 g/mol. The number of methoxy groups -OCH3 is 1. The van der Waals surface area contributed by atoms with Gasteiger partial charge in [-0.2, -0.15) is 0 Å². The minimum Gasteiger partial charge on any atom is -0.385 e. The lowest BCUT2D eigenvalue weighted by Crippen LogP contribution is -2.55. The van der Waals surface area contributed by atoms with Gasteiger partial charge >= 0.3 is 0 Å². The van der Waals surface area contributed by atoms with Gasteiger partial charge in [-0.3, -0.25) is 9.59 Å². The molecule has 3 aliphatic heterocycles. The number of nitrogens with zero attached hydrogens (tertiary/aromatic N) is 3. The molecule has 33 heavy (non-hydrogen) atoms. The van der Waals surface area contributed by atoms with Crippen LogP contribution in [0.3, 0.4) is 0 Å². The van der Waals surface area contributed by atoms with Crippen LogP contribution in [-0.4, -0.2) is 78.5 Å². The van der Waals surface area contributed by atoms with Crippen molar-refractivity contribution in [1.82, 2.24) is 14.7 Å². The van der Waals surface area contributed by atoms with E-state index in [9.17, 15) is 9.59 Å². The van der Waals surface area contributed by atoms with Crippen LogP contribution >= 0.6 is 0 Å². The Hall–Kier alpha value is -1.92. The summed E-state index contributed by atoms with van der Waals surface area (Å²) in [5.41, 5.74) is 1.77. The van der Waals surface area contributed by atoms with Crippen molar-refractivity contribution in [2.24, 2.45) is 11.8 Å². The minimum atomic E-state index is -0.432. The predicted octanol–water partition coefficient (Wildman–Crippen LogP) is 3.80. The second-order valence-corrected chi connectivity index (χ2v) is 10.4. The number of fused-ring (bicyclic) bond motifs is 2. The summed E-state index contributed by atoms with van der Waals surface area (Å²) < 4.78 is 5.30. The van der Waals surface area contributed by atoms with Crippen molar-refractivity contribution in [3.05, 3.63) is 35.4 Å². The molecule has 6 heteroatoms. The highest BCUT2D eigenvalue weighted by atomic mass is 16.5. The van der Waals surface area contributed by atoms with Gasteiger partial charge in [-0.15, -0.1) is 0 Å². The number of amides is 2. The number of hydrogen-bond acceptors (Lipinski definition) is 4. The second-order valence-electron chi connectivity index (χ2n) is 10.4. The Morgan fingerprint density at radius 3 is 2.70 bits per heavy atom. The lowest BCUT2D eigenvalue weighted by Gasteiger charge is -2.46. The molecule has 0 saturated carbocycles. The van der Waals surface area contributed by atoms with Gasteiger partial charge in [-0.1, -0.05) is 38.5 Å². The summed E-state index contributed by atoms with van der Waals surface area (Å²) in [7, 11) is 1.71. The van der Waals surface area contributed by atoms with Crippen LogP contribution in [0.5, 0.6) is 0 Å². The van der Waals surface area contributed by atoms with Gasteiger partial charge in [0.25, 0.3) is 5.91 Å². The van der Waals surface area contributed by atoms with Crippen molar-refractivity contribution in [3.8, 4) is 0 Å². The van der Waals surface area contributed by atoms with Crippen LogP contribution in [-0.2, 0) is 16.1 Å². The third kappa shape index (κ3) is 5.27. The molecule has 2 fully saturated rings. The molecular formula is C27H41N3O3. The van der Waals surface area contributed by atoms with Gasteiger partial charge in [0, 0.05) is 45.0 Å². The van der Waals surface area contributed by atoms with Crippen LogP contribution in [0.4, 0.5) is 0 Å². The largest absolute Gasteiger partial charge is 0.385 e. The Kier molecular flexibility index (Phi) is 8.07. The topological polar surface area (TPSA) is 53.1 Å². The number of ether oxygens (including phenoxy) is 1. The predicted molar refractivity (Wildman–Crippen MR) is 130 cm³/mol. The van der Waals surface area contributed by atoms with Crippen LogP contribution in [0.15, 0.2) is 24.3 Å². The number of carbonyl (C=O) groups excluding carboxylic acids is 2. The maximum atomic E-state index is 14.1. The van der Waals surface area contributed by atoms with Crippen LogP contribution < -0.4 is 0 Å². The first-order chi connectivity index (χ1) is 16.0. The first-order valence-corrected chi connectivity index (χ1v) is 12.9. The van der Waals surface area contributed by atoms with Gasteiger partial charge in [0.1, 0.15) is 6.04 Å². The summed E-state index contributed by atoms with van der Waals surface area (Å²) in [6.45, 7) is 9.18. The van der Waals surface area contributed by atoms with Crippen molar-refractivity contribution in [2.75, 3.05) is 39.9 Å². The molecule has 2 amide bonds. The van der Waals surface area contributed by atoms with Gasteiger partial charge in [0.05, 0.1) is 0 Å². The van der Waals surface area contributed by atoms with E-state index in [1.54, 1.807) is 7.11 Å². The van der Waals surface area contributed by atoms with E-state index in [2.05, 4.69) is 23.6 Å². The third-order valence-corrected chi connectivity index (χ3v) is 7.84. The highest BCUT2D eigenvalue weighted by Crippen LogP contribution is 2.33. The summed E-state index contributed by atoms with van der Waals surface area (Å²) in [4.78, 5) is 33.9. The fourth-order valence-electron chi connectivity index (χ4n) is 6.23. The van der Waals surface area contributed by atoms with E-state index >= 15 is 0 Å². The summed E-state index contributed by atoms with van der Waals surface area (Å²) in [5, 5.41) is 0. The molecule has 1 aromatic rings. The smallest absolute Gasteiger partial charge is 0.255 e. The van der Waals surface area contributed by atoms with Crippen molar-refractivity contribution in [3.63, 3.8) is 0 Å². The Balaban J connectivity index is 1.53. The van der Waals surface area contributed by atoms with Gasteiger partial charge in [0.15, 0.2) is 0 Å². The molecule has 0 bridgehead atoms. The zero-order valence-corrected chi connectivity index (χ0v) is 20.7. The van der Waals surface area contributed by atoms with Crippen molar-refractivity contribution < 1.29 is 14.3 Å². The molecule has 6 nitrogen and oxygen atoms in total. The molecule has 0 aromatic heterocycles. The fourth-order valence-corrected chi connectivity index (χ4v) is 6.23. The molecule has 3 aliphatic rings. The minimum absolute atomic E-state index is 0.00869. The van der Waals surface area contributed by atoms with E-state index in [1.165, 1.54) is 45.2 Å². The van der Waals surface area contributed by atoms with Crippen LogP contribution in [0.25, 0.3) is 0 Å². The molecule has 0 aliphatic carbocycles. The van der Waals surface area contributed by atoms with E-state index < -0.39 is 6.04 Å². The molecule has 2 saturated heterocycles. The average molecular weight is 456 g/mol. The Bertz CT molecular complexity index is 825. The number of benzene rings is 1. The van der Waals surface area contributed by atoms with E-state index in [4.69, 9.17) is 4.74 Å². The van der Waals surface area contributed by atoms with Crippen LogP contribution in [0, 0.1) is 11.8 Å². The summed E-state index contributed by atoms with van der Waals surface area (Å²) >= 11 is 0. The number of carbonyl (C=O) groups is 2. The Labute approximate surface area is 199 Å². The van der Waals surface area contributed by atoms with E-state index in [-0.39, 0.29) is 17.7 Å². The standard InChI is InChI=1S/C27H41N3O3/c1-20(2)25(30-19-21-10-4-5-12-23(21)26(30)31)27(32)29(16-9-17-33-3)18-22-11-8-15-28-14-7-6-13-24(22)28/h4-5,10,12,20,22,24-25H,6-9,11,13-19H2,1-3H3/t22-,24-,25+/m0/s1. The van der Waals surface area contributed by atoms with Crippen LogP contribution in [0.1, 0.15) is 68.3 Å². The van der Waals surface area contributed by atoms with Crippen LogP contribution in [0.2, 0.25) is 0 Å². The third-order valence-electron chi connectivity index (χ3n) is 7.84. The van der Waals surface area contributed by atoms with Crippen molar-refractivity contribution in [2.45, 2.75) is 71.0 Å². The van der Waals surface area contributed by atoms with E-state index in [1.807, 2.05) is 29.2 Å². The first kappa shape index (κ1) is 24.2. The summed E-state index contributed by atoms with van der Waals surface area (Å²) in [6, 6.07) is 7.93. The normalized spacial score (nSPS) is 24.0. The number of piperidine rings is 2. The second kappa shape index (κ2) is 11.0. The molecule has 4 rings (SSSR count). The SMILES string of the molecule is COCCCN(C[C@@H]1CCCN2CCCC[C@@H]12)C(=O)[C@@H](C(C)C)N1Cc2ccccc2C1=O. The molecule has 0 unspecified atom stereocenters. The lowest BCUT2D eigenvalue weighted by molar-refractivity contribution is -0.139. The van der Waals surface area contributed by atoms with E-state index in [0.717, 1.165) is 24.1 Å². The summed E-state index contributed by atoms with van der Waals surface area (Å²) in [5.74, 6) is 0.670. The quantitative estimate of drug-likeness (QED) is 0.532. The zero-order valence-electron chi connectivity index (χ0n) is 20.7. The highest BCUT2D eigenvalue weighted by Gasteiger charge is 2.41. The average Bonchev–Trinajstić information content (AvgIpc) is 3.14.